The van der Waals surface area contributed by atoms with Gasteiger partial charge in [0.1, 0.15) is 0 Å². The molecule has 104 valence electrons. The van der Waals surface area contributed by atoms with Gasteiger partial charge in [0.05, 0.1) is 6.04 Å². The van der Waals surface area contributed by atoms with E-state index in [4.69, 9.17) is 5.73 Å². The van der Waals surface area contributed by atoms with Gasteiger partial charge >= 0.3 is 5.97 Å². The predicted molar refractivity (Wildman–Crippen MR) is 72.5 cm³/mol. The Morgan fingerprint density at radius 3 is 2.47 bits per heavy atom. The van der Waals surface area contributed by atoms with E-state index in [1.807, 2.05) is 6.92 Å². The Kier molecular flexibility index (Phi) is 6.02. The van der Waals surface area contributed by atoms with Crippen LogP contribution < -0.4 is 11.1 Å². The molecule has 0 aliphatic heterocycles. The van der Waals surface area contributed by atoms with Crippen LogP contribution in [0.4, 0.5) is 0 Å². The molecule has 0 saturated heterocycles. The summed E-state index contributed by atoms with van der Waals surface area (Å²) in [4.78, 5) is 23.1. The van der Waals surface area contributed by atoms with Crippen molar-refractivity contribution in [2.24, 2.45) is 5.73 Å². The van der Waals surface area contributed by atoms with E-state index in [9.17, 15) is 14.7 Å². The third-order valence-electron chi connectivity index (χ3n) is 2.87. The van der Waals surface area contributed by atoms with Gasteiger partial charge in [0, 0.05) is 0 Å². The maximum absolute atomic E-state index is 11.8. The highest BCUT2D eigenvalue weighted by molar-refractivity contribution is 5.87. The summed E-state index contributed by atoms with van der Waals surface area (Å²) in [6.45, 7) is 2.01. The van der Waals surface area contributed by atoms with E-state index in [2.05, 4.69) is 5.32 Å². The summed E-state index contributed by atoms with van der Waals surface area (Å²) in [7, 11) is 0. The van der Waals surface area contributed by atoms with Crippen LogP contribution in [0.15, 0.2) is 30.3 Å². The second-order valence-corrected chi connectivity index (χ2v) is 4.44. The number of nitrogens with two attached hydrogens (primary N) is 1. The molecule has 1 amide bonds. The fourth-order valence-electron chi connectivity index (χ4n) is 1.74. The molecule has 5 heteroatoms. The number of aliphatic carboxylic acids is 1. The first-order chi connectivity index (χ1) is 9.06. The molecule has 0 spiro atoms. The normalized spacial score (nSPS) is 13.6. The van der Waals surface area contributed by atoms with Crippen LogP contribution in [-0.2, 0) is 9.59 Å². The highest BCUT2D eigenvalue weighted by Crippen LogP contribution is 2.13. The van der Waals surface area contributed by atoms with Crippen molar-refractivity contribution < 1.29 is 14.7 Å². The number of unbranched alkanes of at least 4 members (excludes halogenated alkanes) is 1. The molecule has 1 rings (SSSR count). The van der Waals surface area contributed by atoms with Crippen molar-refractivity contribution in [3.8, 4) is 0 Å². The molecule has 0 fully saturated rings. The number of rotatable bonds is 7. The van der Waals surface area contributed by atoms with Gasteiger partial charge in [-0.15, -0.1) is 0 Å². The van der Waals surface area contributed by atoms with Gasteiger partial charge in [0.2, 0.25) is 5.91 Å². The molecular formula is C14H20N2O3. The Hall–Kier alpha value is -1.88. The summed E-state index contributed by atoms with van der Waals surface area (Å²) in [6, 6.07) is 6.86. The molecule has 5 nitrogen and oxygen atoms in total. The number of benzene rings is 1. The van der Waals surface area contributed by atoms with Crippen molar-refractivity contribution in [1.29, 1.82) is 0 Å². The quantitative estimate of drug-likeness (QED) is 0.695. The van der Waals surface area contributed by atoms with Crippen LogP contribution in [-0.4, -0.2) is 23.0 Å². The minimum Gasteiger partial charge on any atom is -0.479 e. The second kappa shape index (κ2) is 7.53. The van der Waals surface area contributed by atoms with Crippen molar-refractivity contribution >= 4 is 11.9 Å². The summed E-state index contributed by atoms with van der Waals surface area (Å²) in [5.74, 6) is -1.52. The Morgan fingerprint density at radius 2 is 1.95 bits per heavy atom. The maximum atomic E-state index is 11.8. The standard InChI is InChI=1S/C14H20N2O3/c1-2-3-9-11(15)13(17)16-12(14(18)19)10-7-5-4-6-8-10/h4-8,11-12H,2-3,9,15H2,1H3,(H,16,17)(H,18,19). The Labute approximate surface area is 112 Å². The van der Waals surface area contributed by atoms with Crippen molar-refractivity contribution in [2.75, 3.05) is 0 Å². The highest BCUT2D eigenvalue weighted by Gasteiger charge is 2.24. The van der Waals surface area contributed by atoms with Crippen LogP contribution in [0.3, 0.4) is 0 Å². The largest absolute Gasteiger partial charge is 0.479 e. The molecule has 0 bridgehead atoms. The number of carboxylic acid groups (broad SMARTS) is 1. The zero-order valence-electron chi connectivity index (χ0n) is 11.0. The van der Waals surface area contributed by atoms with E-state index in [-0.39, 0.29) is 0 Å². The SMILES string of the molecule is CCCCC(N)C(=O)NC(C(=O)O)c1ccccc1. The fraction of sp³-hybridized carbons (Fsp3) is 0.429. The average molecular weight is 264 g/mol. The monoisotopic (exact) mass is 264 g/mol. The van der Waals surface area contributed by atoms with E-state index in [1.165, 1.54) is 0 Å². The minimum atomic E-state index is -1.10. The number of hydrogen-bond acceptors (Lipinski definition) is 3. The Morgan fingerprint density at radius 1 is 1.32 bits per heavy atom. The van der Waals surface area contributed by atoms with Crippen LogP contribution in [0.25, 0.3) is 0 Å². The van der Waals surface area contributed by atoms with E-state index >= 15 is 0 Å². The summed E-state index contributed by atoms with van der Waals surface area (Å²) in [5.41, 5.74) is 6.26. The van der Waals surface area contributed by atoms with Gasteiger partial charge < -0.3 is 16.2 Å². The number of carboxylic acids is 1. The summed E-state index contributed by atoms with van der Waals surface area (Å²) < 4.78 is 0. The molecule has 19 heavy (non-hydrogen) atoms. The van der Waals surface area contributed by atoms with Gasteiger partial charge in [-0.3, -0.25) is 4.79 Å². The zero-order valence-corrected chi connectivity index (χ0v) is 11.0. The van der Waals surface area contributed by atoms with E-state index in [0.29, 0.717) is 12.0 Å². The zero-order chi connectivity index (χ0) is 14.3. The molecule has 0 heterocycles. The fourth-order valence-corrected chi connectivity index (χ4v) is 1.74. The van der Waals surface area contributed by atoms with E-state index in [1.54, 1.807) is 30.3 Å². The van der Waals surface area contributed by atoms with Gasteiger partial charge in [-0.2, -0.15) is 0 Å². The van der Waals surface area contributed by atoms with Gasteiger partial charge in [-0.25, -0.2) is 4.79 Å². The van der Waals surface area contributed by atoms with Crippen LogP contribution in [0.2, 0.25) is 0 Å². The summed E-state index contributed by atoms with van der Waals surface area (Å²) >= 11 is 0. The van der Waals surface area contributed by atoms with Gasteiger partial charge in [0.25, 0.3) is 0 Å². The number of nitrogens with one attached hydrogen (secondary N) is 1. The van der Waals surface area contributed by atoms with Gasteiger partial charge in [-0.05, 0) is 12.0 Å². The Balaban J connectivity index is 2.70. The molecule has 0 saturated carbocycles. The predicted octanol–water partition coefficient (Wildman–Crippen LogP) is 1.45. The molecule has 0 aromatic heterocycles. The number of carbonyl (C=O) groups is 2. The lowest BCUT2D eigenvalue weighted by Crippen LogP contribution is -2.44. The van der Waals surface area contributed by atoms with Crippen molar-refractivity contribution in [3.63, 3.8) is 0 Å². The highest BCUT2D eigenvalue weighted by atomic mass is 16.4. The van der Waals surface area contributed by atoms with E-state index < -0.39 is 24.0 Å². The first-order valence-electron chi connectivity index (χ1n) is 6.40. The smallest absolute Gasteiger partial charge is 0.330 e. The second-order valence-electron chi connectivity index (χ2n) is 4.44. The number of amides is 1. The molecule has 1 aromatic rings. The molecule has 2 atom stereocenters. The lowest BCUT2D eigenvalue weighted by atomic mass is 10.1. The van der Waals surface area contributed by atoms with Gasteiger partial charge in [0.15, 0.2) is 6.04 Å². The lowest BCUT2D eigenvalue weighted by Gasteiger charge is -2.18. The topological polar surface area (TPSA) is 92.4 Å². The van der Waals surface area contributed by atoms with Crippen molar-refractivity contribution in [1.82, 2.24) is 5.32 Å². The molecule has 0 aliphatic rings. The Bertz CT molecular complexity index is 420. The van der Waals surface area contributed by atoms with Crippen LogP contribution in [0.5, 0.6) is 0 Å². The first-order valence-corrected chi connectivity index (χ1v) is 6.40. The number of hydrogen-bond donors (Lipinski definition) is 3. The molecular weight excluding hydrogens is 244 g/mol. The third kappa shape index (κ3) is 4.71. The molecule has 0 aliphatic carbocycles. The maximum Gasteiger partial charge on any atom is 0.330 e. The number of carbonyl (C=O) groups excluding carboxylic acids is 1. The van der Waals surface area contributed by atoms with Crippen molar-refractivity contribution in [3.05, 3.63) is 35.9 Å². The molecule has 1 aromatic carbocycles. The molecule has 4 N–H and O–H groups in total. The van der Waals surface area contributed by atoms with Crippen LogP contribution >= 0.6 is 0 Å². The first kappa shape index (κ1) is 15.2. The van der Waals surface area contributed by atoms with Crippen LogP contribution in [0, 0.1) is 0 Å². The minimum absolute atomic E-state index is 0.426. The summed E-state index contributed by atoms with van der Waals surface area (Å²) in [5, 5.41) is 11.7. The third-order valence-corrected chi connectivity index (χ3v) is 2.87. The van der Waals surface area contributed by atoms with Crippen LogP contribution in [0.1, 0.15) is 37.8 Å². The van der Waals surface area contributed by atoms with E-state index in [0.717, 1.165) is 12.8 Å². The average Bonchev–Trinajstić information content (AvgIpc) is 2.42. The lowest BCUT2D eigenvalue weighted by molar-refractivity contribution is -0.142. The van der Waals surface area contributed by atoms with Crippen molar-refractivity contribution in [2.45, 2.75) is 38.3 Å². The molecule has 2 unspecified atom stereocenters. The van der Waals surface area contributed by atoms with Gasteiger partial charge in [-0.1, -0.05) is 50.1 Å². The molecule has 0 radical (unpaired) electrons. The summed E-state index contributed by atoms with van der Waals surface area (Å²) in [6.07, 6.45) is 2.35.